The molecule has 7 nitrogen and oxygen atoms in total. The van der Waals surface area contributed by atoms with Crippen LogP contribution in [0.5, 0.6) is 0 Å². The summed E-state index contributed by atoms with van der Waals surface area (Å²) >= 11 is 0. The molecule has 0 aliphatic carbocycles. The van der Waals surface area contributed by atoms with Crippen molar-refractivity contribution < 1.29 is 14.1 Å². The van der Waals surface area contributed by atoms with E-state index in [2.05, 4.69) is 10.6 Å². The van der Waals surface area contributed by atoms with E-state index in [0.717, 1.165) is 12.1 Å². The normalized spacial score (nSPS) is 10.4. The van der Waals surface area contributed by atoms with Crippen molar-refractivity contribution in [3.8, 4) is 0 Å². The van der Waals surface area contributed by atoms with Gasteiger partial charge in [-0.05, 0) is 37.1 Å². The number of rotatable bonds is 11. The zero-order chi connectivity index (χ0) is 20.4. The molecule has 2 aromatic rings. The maximum absolute atomic E-state index is 13.7. The number of carbonyl (C=O) groups is 1. The topological polar surface area (TPSA) is 87.5 Å². The molecule has 0 saturated carbocycles. The number of nitro groups is 1. The van der Waals surface area contributed by atoms with Gasteiger partial charge in [0.1, 0.15) is 5.82 Å². The summed E-state index contributed by atoms with van der Waals surface area (Å²) < 4.78 is 13.7. The van der Waals surface area contributed by atoms with Crippen LogP contribution in [0.2, 0.25) is 0 Å². The van der Waals surface area contributed by atoms with Crippen molar-refractivity contribution in [2.45, 2.75) is 19.3 Å². The number of hydrogen-bond donors (Lipinski definition) is 2. The molecule has 0 aromatic heterocycles. The average molecular weight is 388 g/mol. The molecule has 0 heterocycles. The number of nitro benzene ring substituents is 1. The summed E-state index contributed by atoms with van der Waals surface area (Å²) in [7, 11) is 1.82. The van der Waals surface area contributed by atoms with Crippen molar-refractivity contribution in [3.63, 3.8) is 0 Å². The Morgan fingerprint density at radius 1 is 1.11 bits per heavy atom. The summed E-state index contributed by atoms with van der Waals surface area (Å²) in [6, 6.07) is 12.8. The second kappa shape index (κ2) is 10.9. The Labute approximate surface area is 163 Å². The molecular formula is C20H25FN4O3. The Hall–Kier alpha value is -3.16. The van der Waals surface area contributed by atoms with Crippen LogP contribution in [-0.2, 0) is 4.79 Å². The van der Waals surface area contributed by atoms with Crippen molar-refractivity contribution in [2.24, 2.45) is 0 Å². The number of hydrogen-bond acceptors (Lipinski definition) is 5. The van der Waals surface area contributed by atoms with Gasteiger partial charge in [-0.3, -0.25) is 14.9 Å². The summed E-state index contributed by atoms with van der Waals surface area (Å²) in [5.41, 5.74) is 1.37. The minimum Gasteiger partial charge on any atom is -0.385 e. The minimum absolute atomic E-state index is 0.0287. The third-order valence-electron chi connectivity index (χ3n) is 4.24. The van der Waals surface area contributed by atoms with E-state index in [9.17, 15) is 19.3 Å². The first-order valence-corrected chi connectivity index (χ1v) is 9.18. The quantitative estimate of drug-likeness (QED) is 0.349. The van der Waals surface area contributed by atoms with E-state index >= 15 is 0 Å². The number of carbonyl (C=O) groups excluding carboxylic acids is 1. The lowest BCUT2D eigenvalue weighted by atomic mass is 10.2. The van der Waals surface area contributed by atoms with E-state index in [-0.39, 0.29) is 17.4 Å². The van der Waals surface area contributed by atoms with Gasteiger partial charge in [-0.2, -0.15) is 0 Å². The second-order valence-corrected chi connectivity index (χ2v) is 6.41. The lowest BCUT2D eigenvalue weighted by Gasteiger charge is -2.19. The molecule has 0 aliphatic heterocycles. The zero-order valence-corrected chi connectivity index (χ0v) is 15.9. The van der Waals surface area contributed by atoms with Crippen molar-refractivity contribution in [1.82, 2.24) is 5.32 Å². The van der Waals surface area contributed by atoms with Crippen LogP contribution in [-0.4, -0.2) is 37.5 Å². The van der Waals surface area contributed by atoms with Crippen molar-refractivity contribution in [1.29, 1.82) is 0 Å². The van der Waals surface area contributed by atoms with Crippen LogP contribution in [0.15, 0.2) is 48.5 Å². The minimum atomic E-state index is -0.442. The average Bonchev–Trinajstić information content (AvgIpc) is 2.69. The van der Waals surface area contributed by atoms with Gasteiger partial charge in [0, 0.05) is 50.9 Å². The molecule has 8 heteroatoms. The summed E-state index contributed by atoms with van der Waals surface area (Å²) in [6.45, 7) is 1.78. The van der Waals surface area contributed by atoms with Crippen LogP contribution in [0.4, 0.5) is 21.5 Å². The molecule has 150 valence electrons. The fourth-order valence-electron chi connectivity index (χ4n) is 2.70. The van der Waals surface area contributed by atoms with Gasteiger partial charge in [0.05, 0.1) is 10.6 Å². The number of anilines is 2. The van der Waals surface area contributed by atoms with Crippen LogP contribution in [0.25, 0.3) is 0 Å². The van der Waals surface area contributed by atoms with Gasteiger partial charge in [0.15, 0.2) is 0 Å². The van der Waals surface area contributed by atoms with Crippen molar-refractivity contribution >= 4 is 23.0 Å². The smallest absolute Gasteiger partial charge is 0.269 e. The number of non-ortho nitro benzene ring substituents is 1. The maximum Gasteiger partial charge on any atom is 0.269 e. The Balaban J connectivity index is 1.56. The van der Waals surface area contributed by atoms with Crippen LogP contribution in [0, 0.1) is 15.9 Å². The highest BCUT2D eigenvalue weighted by molar-refractivity contribution is 5.75. The highest BCUT2D eigenvalue weighted by Gasteiger charge is 2.07. The molecule has 0 aliphatic rings. The fourth-order valence-corrected chi connectivity index (χ4v) is 2.70. The number of halogens is 1. The molecule has 1 amide bonds. The predicted molar refractivity (Wildman–Crippen MR) is 108 cm³/mol. The number of amides is 1. The first kappa shape index (κ1) is 21.1. The lowest BCUT2D eigenvalue weighted by Crippen LogP contribution is -2.28. The molecule has 2 aromatic carbocycles. The molecule has 2 N–H and O–H groups in total. The van der Waals surface area contributed by atoms with Gasteiger partial charge in [0.2, 0.25) is 5.91 Å². The van der Waals surface area contributed by atoms with Crippen LogP contribution in [0.3, 0.4) is 0 Å². The van der Waals surface area contributed by atoms with E-state index in [4.69, 9.17) is 0 Å². The highest BCUT2D eigenvalue weighted by Crippen LogP contribution is 2.17. The molecule has 0 bridgehead atoms. The molecule has 2 rings (SSSR count). The molecule has 0 unspecified atom stereocenters. The van der Waals surface area contributed by atoms with Gasteiger partial charge in [-0.25, -0.2) is 4.39 Å². The summed E-state index contributed by atoms with van der Waals surface area (Å²) in [6.07, 6.45) is 1.76. The zero-order valence-electron chi connectivity index (χ0n) is 15.9. The molecule has 0 spiro atoms. The van der Waals surface area contributed by atoms with Crippen LogP contribution < -0.4 is 15.5 Å². The molecular weight excluding hydrogens is 363 g/mol. The maximum atomic E-state index is 13.7. The summed E-state index contributed by atoms with van der Waals surface area (Å²) in [5.74, 6) is -0.284. The largest absolute Gasteiger partial charge is 0.385 e. The first-order valence-electron chi connectivity index (χ1n) is 9.18. The van der Waals surface area contributed by atoms with Crippen LogP contribution >= 0.6 is 0 Å². The lowest BCUT2D eigenvalue weighted by molar-refractivity contribution is -0.384. The molecule has 0 atom stereocenters. The van der Waals surface area contributed by atoms with Crippen molar-refractivity contribution in [3.05, 3.63) is 64.5 Å². The molecule has 0 fully saturated rings. The van der Waals surface area contributed by atoms with Gasteiger partial charge < -0.3 is 15.5 Å². The van der Waals surface area contributed by atoms with Gasteiger partial charge in [-0.15, -0.1) is 0 Å². The Kier molecular flexibility index (Phi) is 8.20. The van der Waals surface area contributed by atoms with Gasteiger partial charge in [0.25, 0.3) is 5.69 Å². The second-order valence-electron chi connectivity index (χ2n) is 6.41. The Morgan fingerprint density at radius 2 is 1.82 bits per heavy atom. The van der Waals surface area contributed by atoms with E-state index in [1.807, 2.05) is 11.9 Å². The fraction of sp³-hybridized carbons (Fsp3) is 0.350. The first-order chi connectivity index (χ1) is 13.5. The van der Waals surface area contributed by atoms with E-state index in [1.54, 1.807) is 30.3 Å². The number of nitrogens with one attached hydrogen (secondary N) is 2. The number of nitrogens with zero attached hydrogens (tertiary/aromatic N) is 2. The monoisotopic (exact) mass is 388 g/mol. The Bertz CT molecular complexity index is 783. The standard InChI is InChI=1S/C20H25FN4O3/c1-24(19-7-3-2-6-18(19)21)15-5-14-23-20(26)8-4-13-22-16-9-11-17(12-10-16)25(27)28/h2-3,6-7,9-12,22H,4-5,8,13-15H2,1H3,(H,23,26). The SMILES string of the molecule is CN(CCCNC(=O)CCCNc1ccc([N+](=O)[O-])cc1)c1ccccc1F. The van der Waals surface area contributed by atoms with Gasteiger partial charge >= 0.3 is 0 Å². The van der Waals surface area contributed by atoms with E-state index in [1.165, 1.54) is 18.2 Å². The predicted octanol–water partition coefficient (Wildman–Crippen LogP) is 3.57. The third kappa shape index (κ3) is 6.86. The van der Waals surface area contributed by atoms with Crippen LogP contribution in [0.1, 0.15) is 19.3 Å². The molecule has 28 heavy (non-hydrogen) atoms. The molecule has 0 saturated heterocycles. The third-order valence-corrected chi connectivity index (χ3v) is 4.24. The number of benzene rings is 2. The summed E-state index contributed by atoms with van der Waals surface area (Å²) in [5, 5.41) is 16.6. The highest BCUT2D eigenvalue weighted by atomic mass is 19.1. The molecule has 0 radical (unpaired) electrons. The van der Waals surface area contributed by atoms with E-state index in [0.29, 0.717) is 38.2 Å². The Morgan fingerprint density at radius 3 is 2.50 bits per heavy atom. The van der Waals surface area contributed by atoms with Gasteiger partial charge in [-0.1, -0.05) is 12.1 Å². The van der Waals surface area contributed by atoms with E-state index < -0.39 is 4.92 Å². The van der Waals surface area contributed by atoms with Crippen molar-refractivity contribution in [2.75, 3.05) is 36.9 Å². The summed E-state index contributed by atoms with van der Waals surface area (Å²) in [4.78, 5) is 23.8. The number of para-hydroxylation sites is 1.